The highest BCUT2D eigenvalue weighted by Crippen LogP contribution is 2.33. The minimum atomic E-state index is -4.65. The lowest BCUT2D eigenvalue weighted by Gasteiger charge is -2.32. The zero-order valence-electron chi connectivity index (χ0n) is 19.5. The lowest BCUT2D eigenvalue weighted by molar-refractivity contribution is -0.144. The smallest absolute Gasteiger partial charge is 0.451 e. The number of amides is 1. The van der Waals surface area contributed by atoms with Gasteiger partial charge in [0.05, 0.1) is 10.7 Å². The molecule has 0 saturated heterocycles. The number of halogens is 4. The Bertz CT molecular complexity index is 977. The minimum Gasteiger partial charge on any atom is -0.488 e. The Morgan fingerprint density at radius 2 is 1.82 bits per heavy atom. The summed E-state index contributed by atoms with van der Waals surface area (Å²) >= 11 is 6.33. The van der Waals surface area contributed by atoms with Crippen LogP contribution in [0.2, 0.25) is 5.02 Å². The first-order valence-corrected chi connectivity index (χ1v) is 10.8. The Morgan fingerprint density at radius 1 is 1.15 bits per heavy atom. The highest BCUT2D eigenvalue weighted by Gasteiger charge is 2.35. The second kappa shape index (κ2) is 10.2. The standard InChI is InChI=1S/C23H29ClF3N3O3/c1-14(2)12-22(6,33-20(31)30-21(3,4)5)13-32-18-8-7-15(11-16(18)24)17-9-10-28-19(29-17)23(25,26)27/h7-11,14H,12-13H2,1-6H3,(H,30,31)/t22-/m0/s1. The predicted octanol–water partition coefficient (Wildman–Crippen LogP) is 6.52. The molecule has 0 bridgehead atoms. The molecule has 0 aliphatic rings. The normalized spacial score (nSPS) is 14.0. The number of alkyl halides is 3. The van der Waals surface area contributed by atoms with Crippen molar-refractivity contribution in [3.05, 3.63) is 41.3 Å². The molecule has 0 spiro atoms. The quantitative estimate of drug-likeness (QED) is 0.481. The summed E-state index contributed by atoms with van der Waals surface area (Å²) in [6.07, 6.45) is -3.62. The molecule has 0 saturated carbocycles. The summed E-state index contributed by atoms with van der Waals surface area (Å²) in [5.41, 5.74) is -0.925. The van der Waals surface area contributed by atoms with Crippen LogP contribution in [0.1, 0.15) is 53.8 Å². The zero-order chi connectivity index (χ0) is 25.0. The van der Waals surface area contributed by atoms with E-state index in [0.717, 1.165) is 6.20 Å². The summed E-state index contributed by atoms with van der Waals surface area (Å²) in [6.45, 7) is 11.4. The van der Waals surface area contributed by atoms with E-state index in [2.05, 4.69) is 15.3 Å². The van der Waals surface area contributed by atoms with Gasteiger partial charge in [-0.1, -0.05) is 25.4 Å². The van der Waals surface area contributed by atoms with Crippen LogP contribution in [0.25, 0.3) is 11.3 Å². The van der Waals surface area contributed by atoms with E-state index in [4.69, 9.17) is 21.1 Å². The van der Waals surface area contributed by atoms with Crippen LogP contribution in [0.15, 0.2) is 30.5 Å². The van der Waals surface area contributed by atoms with Crippen LogP contribution >= 0.6 is 11.6 Å². The fraction of sp³-hybridized carbons (Fsp3) is 0.522. The van der Waals surface area contributed by atoms with E-state index in [0.29, 0.717) is 17.7 Å². The molecule has 6 nitrogen and oxygen atoms in total. The molecule has 10 heteroatoms. The lowest BCUT2D eigenvalue weighted by Crippen LogP contribution is -2.47. The Morgan fingerprint density at radius 3 is 2.36 bits per heavy atom. The molecule has 0 aliphatic carbocycles. The third kappa shape index (κ3) is 8.38. The van der Waals surface area contributed by atoms with E-state index in [9.17, 15) is 18.0 Å². The first-order chi connectivity index (χ1) is 15.1. The van der Waals surface area contributed by atoms with Crippen LogP contribution in [-0.4, -0.2) is 33.8 Å². The van der Waals surface area contributed by atoms with Gasteiger partial charge in [-0.15, -0.1) is 0 Å². The van der Waals surface area contributed by atoms with Crippen LogP contribution in [0.5, 0.6) is 5.75 Å². The van der Waals surface area contributed by atoms with Gasteiger partial charge >= 0.3 is 12.3 Å². The molecule has 1 aromatic heterocycles. The van der Waals surface area contributed by atoms with Crippen molar-refractivity contribution in [1.82, 2.24) is 15.3 Å². The number of carbonyl (C=O) groups is 1. The molecule has 33 heavy (non-hydrogen) atoms. The number of nitrogens with one attached hydrogen (secondary N) is 1. The molecular weight excluding hydrogens is 459 g/mol. The maximum absolute atomic E-state index is 12.9. The van der Waals surface area contributed by atoms with Gasteiger partial charge in [-0.05, 0) is 64.3 Å². The van der Waals surface area contributed by atoms with Crippen LogP contribution in [0, 0.1) is 5.92 Å². The van der Waals surface area contributed by atoms with Crippen molar-refractivity contribution < 1.29 is 27.4 Å². The van der Waals surface area contributed by atoms with Crippen molar-refractivity contribution in [2.75, 3.05) is 6.61 Å². The van der Waals surface area contributed by atoms with Gasteiger partial charge in [-0.3, -0.25) is 0 Å². The molecule has 0 fully saturated rings. The second-order valence-electron chi connectivity index (χ2n) is 9.51. The topological polar surface area (TPSA) is 73.3 Å². The first kappa shape index (κ1) is 26.7. The molecule has 0 radical (unpaired) electrons. The number of hydrogen-bond donors (Lipinski definition) is 1. The van der Waals surface area contributed by atoms with Crippen molar-refractivity contribution >= 4 is 17.7 Å². The summed E-state index contributed by atoms with van der Waals surface area (Å²) in [5, 5.41) is 2.95. The van der Waals surface area contributed by atoms with Crippen molar-refractivity contribution in [3.8, 4) is 17.0 Å². The van der Waals surface area contributed by atoms with Gasteiger partial charge < -0.3 is 14.8 Å². The second-order valence-corrected chi connectivity index (χ2v) is 9.92. The van der Waals surface area contributed by atoms with E-state index in [1.165, 1.54) is 18.2 Å². The van der Waals surface area contributed by atoms with Crippen LogP contribution in [0.4, 0.5) is 18.0 Å². The Hall–Kier alpha value is -2.55. The minimum absolute atomic E-state index is 0.0353. The molecule has 1 N–H and O–H groups in total. The molecule has 182 valence electrons. The Labute approximate surface area is 196 Å². The van der Waals surface area contributed by atoms with Gasteiger partial charge in [-0.2, -0.15) is 13.2 Å². The fourth-order valence-electron chi connectivity index (χ4n) is 3.21. The fourth-order valence-corrected chi connectivity index (χ4v) is 3.45. The average Bonchev–Trinajstić information content (AvgIpc) is 2.64. The van der Waals surface area contributed by atoms with Gasteiger partial charge in [0.1, 0.15) is 18.0 Å². The van der Waals surface area contributed by atoms with Gasteiger partial charge in [0.15, 0.2) is 0 Å². The third-order valence-electron chi connectivity index (χ3n) is 4.33. The molecule has 1 heterocycles. The number of alkyl carbamates (subject to hydrolysis) is 1. The summed E-state index contributed by atoms with van der Waals surface area (Å²) in [7, 11) is 0. The Balaban J connectivity index is 2.18. The maximum Gasteiger partial charge on any atom is 0.451 e. The van der Waals surface area contributed by atoms with Crippen LogP contribution < -0.4 is 10.1 Å². The van der Waals surface area contributed by atoms with Gasteiger partial charge in [-0.25, -0.2) is 14.8 Å². The number of ether oxygens (including phenoxy) is 2. The van der Waals surface area contributed by atoms with Crippen LogP contribution in [-0.2, 0) is 10.9 Å². The zero-order valence-corrected chi connectivity index (χ0v) is 20.3. The van der Waals surface area contributed by atoms with Gasteiger partial charge in [0.25, 0.3) is 0 Å². The monoisotopic (exact) mass is 487 g/mol. The summed E-state index contributed by atoms with van der Waals surface area (Å²) in [5.74, 6) is -0.702. The highest BCUT2D eigenvalue weighted by atomic mass is 35.5. The SMILES string of the molecule is CC(C)C[C@@](C)(COc1ccc(-c2ccnc(C(F)(F)F)n2)cc1Cl)OC(=O)NC(C)(C)C. The predicted molar refractivity (Wildman–Crippen MR) is 120 cm³/mol. The molecule has 2 rings (SSSR count). The number of benzene rings is 1. The number of rotatable bonds is 7. The van der Waals surface area contributed by atoms with E-state index >= 15 is 0 Å². The van der Waals surface area contributed by atoms with Crippen molar-refractivity contribution in [2.24, 2.45) is 5.92 Å². The number of hydrogen-bond acceptors (Lipinski definition) is 5. The third-order valence-corrected chi connectivity index (χ3v) is 4.62. The van der Waals surface area contributed by atoms with Crippen LogP contribution in [0.3, 0.4) is 0 Å². The van der Waals surface area contributed by atoms with E-state index in [1.807, 2.05) is 34.6 Å². The van der Waals surface area contributed by atoms with Crippen molar-refractivity contribution in [1.29, 1.82) is 0 Å². The number of nitrogens with zero attached hydrogens (tertiary/aromatic N) is 2. The molecule has 2 aromatic rings. The molecule has 1 atom stereocenters. The summed E-state index contributed by atoms with van der Waals surface area (Å²) < 4.78 is 50.2. The first-order valence-electron chi connectivity index (χ1n) is 10.4. The Kier molecular flexibility index (Phi) is 8.22. The summed E-state index contributed by atoms with van der Waals surface area (Å²) in [4.78, 5) is 19.2. The molecule has 0 unspecified atom stereocenters. The van der Waals surface area contributed by atoms with Crippen molar-refractivity contribution in [2.45, 2.75) is 65.3 Å². The highest BCUT2D eigenvalue weighted by molar-refractivity contribution is 6.32. The van der Waals surface area contributed by atoms with E-state index < -0.39 is 29.2 Å². The van der Waals surface area contributed by atoms with E-state index in [1.54, 1.807) is 13.0 Å². The molecular formula is C23H29ClF3N3O3. The largest absolute Gasteiger partial charge is 0.488 e. The molecule has 1 aromatic carbocycles. The molecule has 0 aliphatic heterocycles. The van der Waals surface area contributed by atoms with Crippen molar-refractivity contribution in [3.63, 3.8) is 0 Å². The van der Waals surface area contributed by atoms with Gasteiger partial charge in [0, 0.05) is 17.3 Å². The number of carbonyl (C=O) groups excluding carboxylic acids is 1. The average molecular weight is 488 g/mol. The van der Waals surface area contributed by atoms with E-state index in [-0.39, 0.29) is 23.2 Å². The number of aromatic nitrogens is 2. The maximum atomic E-state index is 12.9. The lowest BCUT2D eigenvalue weighted by atomic mass is 9.95. The summed E-state index contributed by atoms with van der Waals surface area (Å²) in [6, 6.07) is 5.92. The molecule has 1 amide bonds. The van der Waals surface area contributed by atoms with Gasteiger partial charge in [0.2, 0.25) is 5.82 Å².